The molecule has 4 N–H and O–H groups in total. The molecule has 0 saturated carbocycles. The summed E-state index contributed by atoms with van der Waals surface area (Å²) >= 11 is 0. The molecule has 0 saturated heterocycles. The molecule has 742 valence electrons. The SMILES string of the molecule is CC/C=C\C/C=C\C/C=C\C/C=C\C/C=C\C/C=C\CCCCCCCCCCCCCCCCCCC(=O)OCC(O)COP(=O)(O)OCC(O)COP(=O)(O)OCC(COC(=O)CCCCCCCCCCCCCCC/C=C\C/C=C\C/C=C\C/C=C\CCCCC)OC(=O)CCCCCCCCCCCCCCC/C=C\C/C=C\C/C=C\C/C=C\CCCCC. The van der Waals surface area contributed by atoms with Crippen LogP contribution in [0.4, 0.5) is 0 Å². The maximum atomic E-state index is 13.1. The Hall–Kier alpha value is -5.09. The number of hydrogen-bond acceptors (Lipinski definition) is 14. The number of carbonyl (C=O) groups is 3. The third-order valence-corrected chi connectivity index (χ3v) is 24.3. The lowest BCUT2D eigenvalue weighted by atomic mass is 10.0. The quantitative estimate of drug-likeness (QED) is 0.0146. The first kappa shape index (κ1) is 124. The molecule has 0 aliphatic carbocycles. The van der Waals surface area contributed by atoms with Gasteiger partial charge in [0.15, 0.2) is 6.10 Å². The van der Waals surface area contributed by atoms with E-state index in [1.54, 1.807) is 0 Å². The summed E-state index contributed by atoms with van der Waals surface area (Å²) in [5.41, 5.74) is 0. The fourth-order valence-corrected chi connectivity index (χ4v) is 16.1. The molecule has 0 aliphatic heterocycles. The number of aliphatic hydroxyl groups excluding tert-OH is 2. The van der Waals surface area contributed by atoms with Gasteiger partial charge in [-0.25, -0.2) is 9.13 Å². The Labute approximate surface area is 790 Å². The highest BCUT2D eigenvalue weighted by Crippen LogP contribution is 2.45. The fraction of sp³-hybridized carbons (Fsp3) is 0.721. The van der Waals surface area contributed by atoms with Crippen LogP contribution in [0, 0.1) is 0 Å². The second-order valence-electron chi connectivity index (χ2n) is 35.0. The van der Waals surface area contributed by atoms with E-state index in [9.17, 15) is 43.5 Å². The molecule has 0 amide bonds. The molecular formula is C111H192O16P2. The summed E-state index contributed by atoms with van der Waals surface area (Å²) in [6.07, 6.45) is 134. The Morgan fingerprint density at radius 1 is 0.225 bits per heavy atom. The van der Waals surface area contributed by atoms with Crippen LogP contribution in [0.3, 0.4) is 0 Å². The van der Waals surface area contributed by atoms with Crippen LogP contribution in [0.15, 0.2) is 170 Å². The maximum absolute atomic E-state index is 13.1. The fourth-order valence-electron chi connectivity index (χ4n) is 14.5. The Balaban J connectivity index is 4.59. The highest BCUT2D eigenvalue weighted by atomic mass is 31.2. The molecule has 0 rings (SSSR count). The maximum Gasteiger partial charge on any atom is 0.472 e. The number of ether oxygens (including phenoxy) is 3. The van der Waals surface area contributed by atoms with Crippen molar-refractivity contribution in [2.75, 3.05) is 39.6 Å². The number of phosphoric ester groups is 2. The first-order valence-electron chi connectivity index (χ1n) is 52.4. The zero-order valence-corrected chi connectivity index (χ0v) is 84.1. The Kier molecular flexibility index (Phi) is 97.8. The van der Waals surface area contributed by atoms with Crippen LogP contribution in [0.1, 0.15) is 457 Å². The van der Waals surface area contributed by atoms with Crippen LogP contribution in [0.25, 0.3) is 0 Å². The molecule has 0 bridgehead atoms. The number of rotatable bonds is 99. The molecule has 16 nitrogen and oxygen atoms in total. The van der Waals surface area contributed by atoms with E-state index in [-0.39, 0.29) is 19.3 Å². The molecule has 5 atom stereocenters. The van der Waals surface area contributed by atoms with Crippen molar-refractivity contribution in [1.29, 1.82) is 0 Å². The van der Waals surface area contributed by atoms with E-state index in [0.29, 0.717) is 19.3 Å². The van der Waals surface area contributed by atoms with E-state index in [1.165, 1.54) is 244 Å². The summed E-state index contributed by atoms with van der Waals surface area (Å²) < 4.78 is 61.7. The molecule has 0 radical (unpaired) electrons. The van der Waals surface area contributed by atoms with Crippen LogP contribution in [-0.2, 0) is 55.8 Å². The largest absolute Gasteiger partial charge is 0.472 e. The predicted molar refractivity (Wildman–Crippen MR) is 546 cm³/mol. The van der Waals surface area contributed by atoms with Crippen LogP contribution in [0.2, 0.25) is 0 Å². The first-order chi connectivity index (χ1) is 63.2. The highest BCUT2D eigenvalue weighted by Gasteiger charge is 2.30. The van der Waals surface area contributed by atoms with E-state index in [0.717, 1.165) is 154 Å². The van der Waals surface area contributed by atoms with Crippen molar-refractivity contribution in [2.45, 2.75) is 476 Å². The lowest BCUT2D eigenvalue weighted by molar-refractivity contribution is -0.161. The predicted octanol–water partition coefficient (Wildman–Crippen LogP) is 33.3. The topological polar surface area (TPSA) is 231 Å². The molecule has 0 aromatic rings. The number of esters is 3. The van der Waals surface area contributed by atoms with E-state index in [4.69, 9.17) is 32.3 Å². The highest BCUT2D eigenvalue weighted by molar-refractivity contribution is 7.47. The molecule has 0 aromatic heterocycles. The average Bonchev–Trinajstić information content (AvgIpc) is 0.898. The molecule has 0 fully saturated rings. The first-order valence-corrected chi connectivity index (χ1v) is 55.4. The summed E-state index contributed by atoms with van der Waals surface area (Å²) in [7, 11) is -9.82. The van der Waals surface area contributed by atoms with Crippen molar-refractivity contribution in [1.82, 2.24) is 0 Å². The van der Waals surface area contributed by atoms with E-state index < -0.39 is 91.5 Å². The van der Waals surface area contributed by atoms with Gasteiger partial charge in [-0.15, -0.1) is 0 Å². The standard InChI is InChI=1S/C111H192O16P2/c1-4-7-10-13-16-19-22-25-28-31-34-37-40-43-46-49-50-51-52-53-54-57-59-61-64-67-70-73-76-79-82-85-88-91-94-97-109(114)121-100-106(112)101-123-128(117,118)124-102-107(113)103-125-129(119,120)126-105-108(127-111(116)99-96-93-90-87-84-81-78-75-72-69-66-63-60-56-48-45-42-39-36-33-30-27-24-21-18-15-12-9-6-3)104-122-110(115)98-95-92-89-86-83-80-77-74-71-68-65-62-58-55-47-44-41-38-35-32-29-26-23-20-17-14-11-8-5-2/h7,10,16-21,25-30,34-39,43-48,50-51,106-108,112-113H,4-6,8-9,11-15,22-24,31-33,40-42,49,52-105H2,1-3H3,(H,117,118)(H,119,120)/b10-7-,19-16-,20-17-,21-18-,28-25-,29-26-,30-27-,37-34-,38-35-,39-36-,46-43-,47-44-,48-45-,51-50-. The molecular weight excluding hydrogens is 1650 g/mol. The number of carbonyl (C=O) groups excluding carboxylic acids is 3. The minimum atomic E-state index is -4.95. The number of phosphoric acid groups is 2. The molecule has 0 aliphatic rings. The Morgan fingerprint density at radius 3 is 0.651 bits per heavy atom. The van der Waals surface area contributed by atoms with Crippen molar-refractivity contribution in [3.05, 3.63) is 170 Å². The summed E-state index contributed by atoms with van der Waals surface area (Å²) in [6.45, 7) is 2.59. The normalized spacial score (nSPS) is 14.3. The van der Waals surface area contributed by atoms with Gasteiger partial charge >= 0.3 is 33.6 Å². The van der Waals surface area contributed by atoms with Crippen LogP contribution in [0.5, 0.6) is 0 Å². The number of allylic oxidation sites excluding steroid dienone is 28. The van der Waals surface area contributed by atoms with Crippen molar-refractivity contribution < 1.29 is 75.8 Å². The molecule has 18 heteroatoms. The Morgan fingerprint density at radius 2 is 0.411 bits per heavy atom. The molecule has 5 unspecified atom stereocenters. The van der Waals surface area contributed by atoms with Gasteiger partial charge in [-0.2, -0.15) is 0 Å². The summed E-state index contributed by atoms with van der Waals surface area (Å²) in [6, 6.07) is 0. The van der Waals surface area contributed by atoms with Crippen LogP contribution >= 0.6 is 15.6 Å². The van der Waals surface area contributed by atoms with Gasteiger partial charge in [0, 0.05) is 19.3 Å². The second kappa shape index (κ2) is 102. The molecule has 0 aromatic carbocycles. The summed E-state index contributed by atoms with van der Waals surface area (Å²) in [4.78, 5) is 59.3. The van der Waals surface area contributed by atoms with E-state index >= 15 is 0 Å². The minimum absolute atomic E-state index is 0.101. The third-order valence-electron chi connectivity index (χ3n) is 22.4. The van der Waals surface area contributed by atoms with Gasteiger partial charge in [0.1, 0.15) is 25.4 Å². The second-order valence-corrected chi connectivity index (χ2v) is 37.9. The van der Waals surface area contributed by atoms with Gasteiger partial charge in [0.2, 0.25) is 0 Å². The van der Waals surface area contributed by atoms with Crippen LogP contribution in [-0.4, -0.2) is 95.9 Å². The van der Waals surface area contributed by atoms with Gasteiger partial charge in [0.05, 0.1) is 26.4 Å². The number of aliphatic hydroxyl groups is 2. The van der Waals surface area contributed by atoms with Crippen molar-refractivity contribution >= 4 is 33.6 Å². The number of unbranched alkanes of at least 4 members (excludes halogenated alkanes) is 48. The van der Waals surface area contributed by atoms with E-state index in [2.05, 4.69) is 191 Å². The van der Waals surface area contributed by atoms with Gasteiger partial charge in [-0.3, -0.25) is 32.5 Å². The lowest BCUT2D eigenvalue weighted by Crippen LogP contribution is -2.30. The van der Waals surface area contributed by atoms with Crippen molar-refractivity contribution in [3.8, 4) is 0 Å². The van der Waals surface area contributed by atoms with Crippen molar-refractivity contribution in [2.24, 2.45) is 0 Å². The zero-order valence-electron chi connectivity index (χ0n) is 82.3. The average molecular weight is 1840 g/mol. The molecule has 129 heavy (non-hydrogen) atoms. The summed E-state index contributed by atoms with van der Waals surface area (Å²) in [5, 5.41) is 20.8. The van der Waals surface area contributed by atoms with E-state index in [1.807, 2.05) is 0 Å². The van der Waals surface area contributed by atoms with Gasteiger partial charge in [-0.05, 0) is 161 Å². The van der Waals surface area contributed by atoms with Gasteiger partial charge in [-0.1, -0.05) is 448 Å². The minimum Gasteiger partial charge on any atom is -0.463 e. The molecule has 0 spiro atoms. The monoisotopic (exact) mass is 1840 g/mol. The smallest absolute Gasteiger partial charge is 0.463 e. The molecule has 0 heterocycles. The van der Waals surface area contributed by atoms with Crippen molar-refractivity contribution in [3.63, 3.8) is 0 Å². The van der Waals surface area contributed by atoms with Gasteiger partial charge < -0.3 is 34.2 Å². The number of hydrogen-bond donors (Lipinski definition) is 4. The summed E-state index contributed by atoms with van der Waals surface area (Å²) in [5.74, 6) is -1.56. The van der Waals surface area contributed by atoms with Crippen LogP contribution < -0.4 is 0 Å². The third kappa shape index (κ3) is 103. The van der Waals surface area contributed by atoms with Gasteiger partial charge in [0.25, 0.3) is 0 Å². The zero-order chi connectivity index (χ0) is 93.5. The lowest BCUT2D eigenvalue weighted by Gasteiger charge is -2.21. The Bertz CT molecular complexity index is 3030.